The second-order valence-electron chi connectivity index (χ2n) is 5.66. The number of hydrogen-bond acceptors (Lipinski definition) is 2. The average molecular weight is 274 g/mol. The lowest BCUT2D eigenvalue weighted by Gasteiger charge is -2.24. The predicted molar refractivity (Wildman–Crippen MR) is 84.3 cm³/mol. The highest BCUT2D eigenvalue weighted by Gasteiger charge is 2.33. The van der Waals surface area contributed by atoms with Gasteiger partial charge >= 0.3 is 0 Å². The average Bonchev–Trinajstić information content (AvgIpc) is 3.26. The van der Waals surface area contributed by atoms with Crippen molar-refractivity contribution in [3.63, 3.8) is 0 Å². The van der Waals surface area contributed by atoms with Crippen LogP contribution < -0.4 is 5.32 Å². The molecule has 1 aliphatic rings. The summed E-state index contributed by atoms with van der Waals surface area (Å²) in [4.78, 5) is 14.9. The van der Waals surface area contributed by atoms with E-state index in [-0.39, 0.29) is 5.91 Å². The van der Waals surface area contributed by atoms with E-state index in [0.717, 1.165) is 55.6 Å². The number of hydrogen-bond donors (Lipinski definition) is 1. The van der Waals surface area contributed by atoms with Crippen LogP contribution in [0.3, 0.4) is 0 Å². The first-order chi connectivity index (χ1) is 9.67. The molecule has 3 nitrogen and oxygen atoms in total. The molecule has 20 heavy (non-hydrogen) atoms. The molecule has 0 spiro atoms. The monoisotopic (exact) mass is 274 g/mol. The minimum Gasteiger partial charge on any atom is -0.385 e. The molecular weight excluding hydrogens is 248 g/mol. The molecule has 3 heteroatoms. The van der Waals surface area contributed by atoms with Gasteiger partial charge in [-0.05, 0) is 45.2 Å². The van der Waals surface area contributed by atoms with Gasteiger partial charge in [0.05, 0.1) is 5.56 Å². The summed E-state index contributed by atoms with van der Waals surface area (Å²) < 4.78 is 0. The number of carbonyl (C=O) groups is 1. The van der Waals surface area contributed by atoms with Crippen molar-refractivity contribution in [1.82, 2.24) is 4.90 Å². The molecule has 0 radical (unpaired) electrons. The normalized spacial score (nSPS) is 14.2. The summed E-state index contributed by atoms with van der Waals surface area (Å²) in [5.41, 5.74) is 2.93. The maximum absolute atomic E-state index is 12.9. The largest absolute Gasteiger partial charge is 0.385 e. The molecule has 2 rings (SSSR count). The van der Waals surface area contributed by atoms with E-state index >= 15 is 0 Å². The lowest BCUT2D eigenvalue weighted by molar-refractivity contribution is 0.0741. The second-order valence-corrected chi connectivity index (χ2v) is 5.66. The Kier molecular flexibility index (Phi) is 5.05. The van der Waals surface area contributed by atoms with Crippen LogP contribution in [-0.2, 0) is 0 Å². The Morgan fingerprint density at radius 1 is 1.35 bits per heavy atom. The molecular formula is C17H26N2O. The van der Waals surface area contributed by atoms with Crippen LogP contribution in [0.5, 0.6) is 0 Å². The zero-order chi connectivity index (χ0) is 14.5. The summed E-state index contributed by atoms with van der Waals surface area (Å²) >= 11 is 0. The summed E-state index contributed by atoms with van der Waals surface area (Å²) in [6.45, 7) is 8.00. The van der Waals surface area contributed by atoms with Gasteiger partial charge in [0, 0.05) is 24.8 Å². The highest BCUT2D eigenvalue weighted by molar-refractivity contribution is 6.00. The Labute approximate surface area is 122 Å². The Morgan fingerprint density at radius 2 is 2.10 bits per heavy atom. The number of nitrogens with one attached hydrogen (secondary N) is 1. The first-order valence-electron chi connectivity index (χ1n) is 7.82. The number of amides is 1. The molecule has 110 valence electrons. The topological polar surface area (TPSA) is 32.3 Å². The summed E-state index contributed by atoms with van der Waals surface area (Å²) in [6, 6.07) is 6.57. The van der Waals surface area contributed by atoms with E-state index in [9.17, 15) is 4.79 Å². The molecule has 1 amide bonds. The zero-order valence-electron chi connectivity index (χ0n) is 12.9. The van der Waals surface area contributed by atoms with Crippen molar-refractivity contribution in [3.05, 3.63) is 29.3 Å². The van der Waals surface area contributed by atoms with Crippen LogP contribution in [0.1, 0.15) is 55.5 Å². The molecule has 0 atom stereocenters. The van der Waals surface area contributed by atoms with Crippen LogP contribution in [0.25, 0.3) is 0 Å². The number of anilines is 1. The van der Waals surface area contributed by atoms with Crippen molar-refractivity contribution in [2.24, 2.45) is 0 Å². The number of unbranched alkanes of at least 4 members (excludes halogenated alkanes) is 1. The molecule has 1 aromatic rings. The maximum Gasteiger partial charge on any atom is 0.256 e. The smallest absolute Gasteiger partial charge is 0.256 e. The summed E-state index contributed by atoms with van der Waals surface area (Å²) in [7, 11) is 0. The fourth-order valence-electron chi connectivity index (χ4n) is 2.50. The van der Waals surface area contributed by atoms with Crippen molar-refractivity contribution in [2.75, 3.05) is 18.4 Å². The quantitative estimate of drug-likeness (QED) is 0.819. The van der Waals surface area contributed by atoms with Gasteiger partial charge in [-0.3, -0.25) is 4.79 Å². The second kappa shape index (κ2) is 6.78. The predicted octanol–water partition coefficient (Wildman–Crippen LogP) is 3.83. The molecule has 0 unspecified atom stereocenters. The third-order valence-corrected chi connectivity index (χ3v) is 3.77. The van der Waals surface area contributed by atoms with Gasteiger partial charge in [0.15, 0.2) is 0 Å². The minimum atomic E-state index is 0.195. The Hall–Kier alpha value is -1.51. The highest BCUT2D eigenvalue weighted by atomic mass is 16.2. The number of benzene rings is 1. The standard InChI is InChI=1S/C17H26N2O/c1-4-6-11-19(14-8-9-14)17(20)15-12-13(3)7-10-16(15)18-5-2/h7,10,12,14,18H,4-6,8-9,11H2,1-3H3. The summed E-state index contributed by atoms with van der Waals surface area (Å²) in [5.74, 6) is 0.195. The van der Waals surface area contributed by atoms with Crippen molar-refractivity contribution in [3.8, 4) is 0 Å². The van der Waals surface area contributed by atoms with Gasteiger partial charge in [-0.15, -0.1) is 0 Å². The number of rotatable bonds is 7. The highest BCUT2D eigenvalue weighted by Crippen LogP contribution is 2.30. The number of nitrogens with zero attached hydrogens (tertiary/aromatic N) is 1. The molecule has 0 bridgehead atoms. The minimum absolute atomic E-state index is 0.195. The van der Waals surface area contributed by atoms with Crippen molar-refractivity contribution >= 4 is 11.6 Å². The van der Waals surface area contributed by atoms with Crippen LogP contribution >= 0.6 is 0 Å². The van der Waals surface area contributed by atoms with E-state index in [1.807, 2.05) is 19.1 Å². The van der Waals surface area contributed by atoms with Gasteiger partial charge in [-0.2, -0.15) is 0 Å². The molecule has 0 aromatic heterocycles. The summed E-state index contributed by atoms with van der Waals surface area (Å²) in [5, 5.41) is 3.31. The van der Waals surface area contributed by atoms with E-state index < -0.39 is 0 Å². The van der Waals surface area contributed by atoms with Gasteiger partial charge in [-0.25, -0.2) is 0 Å². The summed E-state index contributed by atoms with van der Waals surface area (Å²) in [6.07, 6.45) is 4.55. The Balaban J connectivity index is 2.23. The molecule has 0 saturated heterocycles. The number of carbonyl (C=O) groups excluding carboxylic acids is 1. The molecule has 1 saturated carbocycles. The molecule has 1 aliphatic carbocycles. The maximum atomic E-state index is 12.9. The van der Waals surface area contributed by atoms with Gasteiger partial charge in [-0.1, -0.05) is 25.0 Å². The first kappa shape index (κ1) is 14.9. The van der Waals surface area contributed by atoms with E-state index in [2.05, 4.69) is 30.1 Å². The van der Waals surface area contributed by atoms with E-state index in [1.54, 1.807) is 0 Å². The SMILES string of the molecule is CCCCN(C(=O)c1cc(C)ccc1NCC)C1CC1. The van der Waals surface area contributed by atoms with Gasteiger partial charge < -0.3 is 10.2 Å². The Bertz CT molecular complexity index is 466. The lowest BCUT2D eigenvalue weighted by atomic mass is 10.1. The molecule has 0 heterocycles. The van der Waals surface area contributed by atoms with Crippen molar-refractivity contribution in [1.29, 1.82) is 0 Å². The van der Waals surface area contributed by atoms with Crippen LogP contribution in [0, 0.1) is 6.92 Å². The fraction of sp³-hybridized carbons (Fsp3) is 0.588. The van der Waals surface area contributed by atoms with Crippen LogP contribution in [0.15, 0.2) is 18.2 Å². The third-order valence-electron chi connectivity index (χ3n) is 3.77. The zero-order valence-corrected chi connectivity index (χ0v) is 12.9. The van der Waals surface area contributed by atoms with Crippen molar-refractivity contribution in [2.45, 2.75) is 52.5 Å². The molecule has 0 aliphatic heterocycles. The number of aryl methyl sites for hydroxylation is 1. The molecule has 1 fully saturated rings. The van der Waals surface area contributed by atoms with Crippen LogP contribution in [0.2, 0.25) is 0 Å². The van der Waals surface area contributed by atoms with Crippen molar-refractivity contribution < 1.29 is 4.79 Å². The fourth-order valence-corrected chi connectivity index (χ4v) is 2.50. The van der Waals surface area contributed by atoms with Gasteiger partial charge in [0.1, 0.15) is 0 Å². The molecule has 1 aromatic carbocycles. The van der Waals surface area contributed by atoms with E-state index in [0.29, 0.717) is 6.04 Å². The van der Waals surface area contributed by atoms with Gasteiger partial charge in [0.25, 0.3) is 5.91 Å². The van der Waals surface area contributed by atoms with Crippen LogP contribution in [0.4, 0.5) is 5.69 Å². The van der Waals surface area contributed by atoms with E-state index in [4.69, 9.17) is 0 Å². The third kappa shape index (κ3) is 3.53. The lowest BCUT2D eigenvalue weighted by Crippen LogP contribution is -2.34. The van der Waals surface area contributed by atoms with E-state index in [1.165, 1.54) is 0 Å². The van der Waals surface area contributed by atoms with Crippen LogP contribution in [-0.4, -0.2) is 29.9 Å². The molecule has 1 N–H and O–H groups in total. The Morgan fingerprint density at radius 3 is 2.70 bits per heavy atom. The van der Waals surface area contributed by atoms with Gasteiger partial charge in [0.2, 0.25) is 0 Å². The first-order valence-corrected chi connectivity index (χ1v) is 7.82.